The van der Waals surface area contributed by atoms with E-state index in [4.69, 9.17) is 0 Å². The largest absolute Gasteiger partial charge is 0.391 e. The van der Waals surface area contributed by atoms with E-state index in [-0.39, 0.29) is 12.1 Å². The summed E-state index contributed by atoms with van der Waals surface area (Å²) in [6.07, 6.45) is 5.52. The van der Waals surface area contributed by atoms with Crippen LogP contribution in [-0.4, -0.2) is 41.3 Å². The van der Waals surface area contributed by atoms with Crippen molar-refractivity contribution in [3.05, 3.63) is 11.9 Å². The lowest BCUT2D eigenvalue weighted by Crippen LogP contribution is -2.44. The van der Waals surface area contributed by atoms with Crippen molar-refractivity contribution in [3.8, 4) is 0 Å². The van der Waals surface area contributed by atoms with Crippen molar-refractivity contribution in [1.29, 1.82) is 0 Å². The highest BCUT2D eigenvalue weighted by Gasteiger charge is 2.28. The predicted molar refractivity (Wildman–Crippen MR) is 73.0 cm³/mol. The summed E-state index contributed by atoms with van der Waals surface area (Å²) in [5, 5.41) is 13.2. The van der Waals surface area contributed by atoms with Gasteiger partial charge in [0.05, 0.1) is 12.1 Å². The molecule has 5 heteroatoms. The van der Waals surface area contributed by atoms with Crippen molar-refractivity contribution in [3.63, 3.8) is 0 Å². The van der Waals surface area contributed by atoms with E-state index in [0.717, 1.165) is 36.5 Å². The van der Waals surface area contributed by atoms with Crippen LogP contribution in [0.25, 0.3) is 0 Å². The third-order valence-corrected chi connectivity index (χ3v) is 3.82. The van der Waals surface area contributed by atoms with E-state index in [2.05, 4.69) is 20.2 Å². The smallest absolute Gasteiger partial charge is 0.137 e. The maximum absolute atomic E-state index is 10.1. The second-order valence-corrected chi connectivity index (χ2v) is 4.95. The third kappa shape index (κ3) is 2.41. The van der Waals surface area contributed by atoms with Crippen LogP contribution in [0, 0.1) is 6.92 Å². The van der Waals surface area contributed by atoms with E-state index in [1.807, 2.05) is 21.0 Å². The van der Waals surface area contributed by atoms with E-state index >= 15 is 0 Å². The molecule has 1 aliphatic rings. The van der Waals surface area contributed by atoms with Crippen LogP contribution in [0.3, 0.4) is 0 Å². The van der Waals surface area contributed by atoms with E-state index in [1.165, 1.54) is 6.42 Å². The van der Waals surface area contributed by atoms with Gasteiger partial charge in [0.1, 0.15) is 18.0 Å². The van der Waals surface area contributed by atoms with E-state index in [0.29, 0.717) is 0 Å². The number of nitrogens with zero attached hydrogens (tertiary/aromatic N) is 3. The molecule has 1 aliphatic carbocycles. The van der Waals surface area contributed by atoms with Gasteiger partial charge in [0.25, 0.3) is 0 Å². The van der Waals surface area contributed by atoms with Crippen molar-refractivity contribution in [1.82, 2.24) is 9.97 Å². The van der Waals surface area contributed by atoms with Gasteiger partial charge in [-0.25, -0.2) is 9.97 Å². The first-order valence-corrected chi connectivity index (χ1v) is 6.55. The average molecular weight is 250 g/mol. The summed E-state index contributed by atoms with van der Waals surface area (Å²) in [6.45, 7) is 2.01. The molecule has 1 heterocycles. The summed E-state index contributed by atoms with van der Waals surface area (Å²) in [5.41, 5.74) is 1.03. The molecule has 100 valence electrons. The quantitative estimate of drug-likeness (QED) is 0.852. The van der Waals surface area contributed by atoms with Gasteiger partial charge in [0.15, 0.2) is 0 Å². The predicted octanol–water partition coefficient (Wildman–Crippen LogP) is 1.57. The molecule has 2 N–H and O–H groups in total. The Morgan fingerprint density at radius 2 is 2.06 bits per heavy atom. The number of likely N-dealkylation sites (N-methyl/N-ethyl adjacent to an activating group) is 1. The molecule has 0 saturated heterocycles. The summed E-state index contributed by atoms with van der Waals surface area (Å²) in [6, 6.07) is 0.164. The maximum Gasteiger partial charge on any atom is 0.137 e. The highest BCUT2D eigenvalue weighted by molar-refractivity contribution is 5.57. The fourth-order valence-corrected chi connectivity index (χ4v) is 2.75. The normalized spacial score (nSPS) is 23.8. The van der Waals surface area contributed by atoms with Crippen LogP contribution in [0.5, 0.6) is 0 Å². The van der Waals surface area contributed by atoms with Crippen LogP contribution in [0.2, 0.25) is 0 Å². The van der Waals surface area contributed by atoms with Gasteiger partial charge < -0.3 is 15.3 Å². The zero-order chi connectivity index (χ0) is 13.1. The summed E-state index contributed by atoms with van der Waals surface area (Å²) >= 11 is 0. The third-order valence-electron chi connectivity index (χ3n) is 3.82. The first-order chi connectivity index (χ1) is 8.65. The molecule has 0 bridgehead atoms. The van der Waals surface area contributed by atoms with Gasteiger partial charge in [-0.3, -0.25) is 0 Å². The molecule has 0 spiro atoms. The molecular formula is C13H22N4O. The van der Waals surface area contributed by atoms with E-state index in [9.17, 15) is 5.11 Å². The van der Waals surface area contributed by atoms with Crippen LogP contribution in [0.15, 0.2) is 6.33 Å². The van der Waals surface area contributed by atoms with Crippen LogP contribution in [0.1, 0.15) is 31.2 Å². The molecule has 1 aromatic rings. The fraction of sp³-hybridized carbons (Fsp3) is 0.692. The highest BCUT2D eigenvalue weighted by Crippen LogP contribution is 2.28. The fourth-order valence-electron chi connectivity index (χ4n) is 2.75. The van der Waals surface area contributed by atoms with Gasteiger partial charge in [-0.2, -0.15) is 0 Å². The number of aliphatic hydroxyl groups is 1. The van der Waals surface area contributed by atoms with Crippen molar-refractivity contribution < 1.29 is 5.11 Å². The second-order valence-electron chi connectivity index (χ2n) is 4.95. The van der Waals surface area contributed by atoms with Crippen molar-refractivity contribution in [2.24, 2.45) is 0 Å². The van der Waals surface area contributed by atoms with Crippen LogP contribution in [-0.2, 0) is 0 Å². The standard InChI is InChI=1S/C13H22N4O/c1-9-12(14-2)15-8-16-13(9)17(3)10-6-4-5-7-11(10)18/h8,10-11,18H,4-7H2,1-3H3,(H,14,15,16). The van der Waals surface area contributed by atoms with Crippen LogP contribution < -0.4 is 10.2 Å². The molecule has 18 heavy (non-hydrogen) atoms. The second kappa shape index (κ2) is 5.52. The molecule has 1 saturated carbocycles. The summed E-state index contributed by atoms with van der Waals surface area (Å²) in [4.78, 5) is 10.7. The Hall–Kier alpha value is -1.36. The molecule has 2 rings (SSSR count). The molecule has 2 atom stereocenters. The highest BCUT2D eigenvalue weighted by atomic mass is 16.3. The Kier molecular flexibility index (Phi) is 4.01. The minimum absolute atomic E-state index is 0.164. The van der Waals surface area contributed by atoms with E-state index in [1.54, 1.807) is 6.33 Å². The SMILES string of the molecule is CNc1ncnc(N(C)C2CCCCC2O)c1C. The number of hydrogen-bond donors (Lipinski definition) is 2. The lowest BCUT2D eigenvalue weighted by atomic mass is 9.91. The molecule has 0 aromatic carbocycles. The van der Waals surface area contributed by atoms with Crippen molar-refractivity contribution in [2.45, 2.75) is 44.8 Å². The first kappa shape index (κ1) is 13.1. The molecule has 1 fully saturated rings. The van der Waals surface area contributed by atoms with Gasteiger partial charge >= 0.3 is 0 Å². The van der Waals surface area contributed by atoms with Crippen molar-refractivity contribution >= 4 is 11.6 Å². The first-order valence-electron chi connectivity index (χ1n) is 6.55. The number of rotatable bonds is 3. The molecule has 0 amide bonds. The monoisotopic (exact) mass is 250 g/mol. The Bertz CT molecular complexity index is 410. The molecule has 0 aliphatic heterocycles. The molecular weight excluding hydrogens is 228 g/mol. The summed E-state index contributed by atoms with van der Waals surface area (Å²) in [5.74, 6) is 1.75. The topological polar surface area (TPSA) is 61.3 Å². The molecule has 0 radical (unpaired) electrons. The van der Waals surface area contributed by atoms with Gasteiger partial charge in [0.2, 0.25) is 0 Å². The van der Waals surface area contributed by atoms with E-state index < -0.39 is 0 Å². The molecule has 2 unspecified atom stereocenters. The van der Waals surface area contributed by atoms with Crippen LogP contribution >= 0.6 is 0 Å². The number of nitrogens with one attached hydrogen (secondary N) is 1. The van der Waals surface area contributed by atoms with Gasteiger partial charge in [-0.05, 0) is 19.8 Å². The number of aliphatic hydroxyl groups excluding tert-OH is 1. The number of anilines is 2. The minimum Gasteiger partial charge on any atom is -0.391 e. The van der Waals surface area contributed by atoms with Gasteiger partial charge in [-0.1, -0.05) is 12.8 Å². The Balaban J connectivity index is 2.24. The lowest BCUT2D eigenvalue weighted by Gasteiger charge is -2.36. The molecule has 1 aromatic heterocycles. The summed E-state index contributed by atoms with van der Waals surface area (Å²) < 4.78 is 0. The van der Waals surface area contributed by atoms with Gasteiger partial charge in [-0.15, -0.1) is 0 Å². The summed E-state index contributed by atoms with van der Waals surface area (Å²) in [7, 11) is 3.86. The maximum atomic E-state index is 10.1. The van der Waals surface area contributed by atoms with Gasteiger partial charge in [0, 0.05) is 19.7 Å². The zero-order valence-electron chi connectivity index (χ0n) is 11.3. The zero-order valence-corrected chi connectivity index (χ0v) is 11.3. The number of hydrogen-bond acceptors (Lipinski definition) is 5. The van der Waals surface area contributed by atoms with Crippen LogP contribution in [0.4, 0.5) is 11.6 Å². The Morgan fingerprint density at radius 3 is 2.72 bits per heavy atom. The average Bonchev–Trinajstić information content (AvgIpc) is 2.39. The van der Waals surface area contributed by atoms with Crippen molar-refractivity contribution in [2.75, 3.05) is 24.3 Å². The number of aromatic nitrogens is 2. The Labute approximate surface area is 108 Å². The Morgan fingerprint density at radius 1 is 1.33 bits per heavy atom. The molecule has 5 nitrogen and oxygen atoms in total. The lowest BCUT2D eigenvalue weighted by molar-refractivity contribution is 0.106. The minimum atomic E-state index is -0.254.